The second-order valence-electron chi connectivity index (χ2n) is 12.0. The third kappa shape index (κ3) is 4.37. The molecule has 1 saturated carbocycles. The first kappa shape index (κ1) is 25.6. The van der Waals surface area contributed by atoms with Crippen molar-refractivity contribution in [1.82, 2.24) is 23.7 Å². The molecule has 206 valence electrons. The van der Waals surface area contributed by atoms with Crippen molar-refractivity contribution in [3.63, 3.8) is 0 Å². The number of imidazole rings is 1. The summed E-state index contributed by atoms with van der Waals surface area (Å²) in [5.74, 6) is 2.27. The molecule has 2 saturated heterocycles. The molecular formula is C27H37N5O5S. The fourth-order valence-electron chi connectivity index (χ4n) is 6.65. The van der Waals surface area contributed by atoms with Crippen molar-refractivity contribution in [3.8, 4) is 17.1 Å². The lowest BCUT2D eigenvalue weighted by atomic mass is 9.83. The molecular weight excluding hydrogens is 506 g/mol. The van der Waals surface area contributed by atoms with Gasteiger partial charge in [-0.15, -0.1) is 0 Å². The average molecular weight is 544 g/mol. The van der Waals surface area contributed by atoms with Crippen LogP contribution in [0.1, 0.15) is 69.8 Å². The summed E-state index contributed by atoms with van der Waals surface area (Å²) < 4.78 is 40.8. The van der Waals surface area contributed by atoms with Crippen molar-refractivity contribution in [3.05, 3.63) is 29.8 Å². The van der Waals surface area contributed by atoms with E-state index in [0.29, 0.717) is 63.6 Å². The van der Waals surface area contributed by atoms with Crippen LogP contribution in [0.5, 0.6) is 5.75 Å². The van der Waals surface area contributed by atoms with E-state index in [1.807, 2.05) is 33.0 Å². The van der Waals surface area contributed by atoms with Crippen LogP contribution in [-0.2, 0) is 27.4 Å². The van der Waals surface area contributed by atoms with E-state index in [-0.39, 0.29) is 12.0 Å². The first-order chi connectivity index (χ1) is 18.0. The Balaban J connectivity index is 1.31. The Hall–Kier alpha value is -2.66. The number of hydrogen-bond acceptors (Lipinski definition) is 7. The van der Waals surface area contributed by atoms with Crippen LogP contribution < -0.4 is 4.74 Å². The smallest absolute Gasteiger partial charge is 0.409 e. The Labute approximate surface area is 224 Å². The molecule has 5 heterocycles. The van der Waals surface area contributed by atoms with E-state index in [1.54, 1.807) is 15.4 Å². The molecule has 1 spiro atoms. The Morgan fingerprint density at radius 3 is 2.55 bits per heavy atom. The maximum atomic E-state index is 12.7. The van der Waals surface area contributed by atoms with E-state index >= 15 is 0 Å². The molecule has 11 heteroatoms. The number of likely N-dealkylation sites (tertiary alicyclic amines) is 1. The Bertz CT molecular complexity index is 1360. The molecule has 0 bridgehead atoms. The summed E-state index contributed by atoms with van der Waals surface area (Å²) in [6, 6.07) is 3.81. The highest BCUT2D eigenvalue weighted by Gasteiger charge is 2.49. The van der Waals surface area contributed by atoms with Crippen LogP contribution >= 0.6 is 0 Å². The molecule has 1 aliphatic carbocycles. The minimum atomic E-state index is -3.30. The van der Waals surface area contributed by atoms with Gasteiger partial charge in [-0.25, -0.2) is 18.2 Å². The summed E-state index contributed by atoms with van der Waals surface area (Å²) in [6.45, 7) is 6.03. The van der Waals surface area contributed by atoms with Gasteiger partial charge in [0.05, 0.1) is 18.6 Å². The predicted octanol–water partition coefficient (Wildman–Crippen LogP) is 3.63. The molecule has 0 N–H and O–H groups in total. The number of fused-ring (bicyclic) bond motifs is 4. The fraction of sp³-hybridized carbons (Fsp3) is 0.667. The van der Waals surface area contributed by atoms with Crippen molar-refractivity contribution < 1.29 is 22.7 Å². The molecule has 10 nitrogen and oxygen atoms in total. The van der Waals surface area contributed by atoms with Crippen molar-refractivity contribution in [1.29, 1.82) is 0 Å². The topological polar surface area (TPSA) is 107 Å². The van der Waals surface area contributed by atoms with Gasteiger partial charge < -0.3 is 18.9 Å². The molecule has 3 aliphatic heterocycles. The van der Waals surface area contributed by atoms with E-state index in [9.17, 15) is 13.2 Å². The van der Waals surface area contributed by atoms with E-state index in [2.05, 4.69) is 9.55 Å². The van der Waals surface area contributed by atoms with Crippen LogP contribution in [0.4, 0.5) is 4.79 Å². The highest BCUT2D eigenvalue weighted by atomic mass is 32.2. The highest BCUT2D eigenvalue weighted by molar-refractivity contribution is 7.88. The highest BCUT2D eigenvalue weighted by Crippen LogP contribution is 2.50. The number of carbonyl (C=O) groups is 1. The van der Waals surface area contributed by atoms with E-state index in [1.165, 1.54) is 6.26 Å². The Kier molecular flexibility index (Phi) is 6.03. The minimum absolute atomic E-state index is 0.0975. The zero-order valence-electron chi connectivity index (χ0n) is 22.6. The third-order valence-corrected chi connectivity index (χ3v) is 10.2. The lowest BCUT2D eigenvalue weighted by Gasteiger charge is -2.44. The van der Waals surface area contributed by atoms with Crippen LogP contribution in [0.25, 0.3) is 11.4 Å². The Morgan fingerprint density at radius 2 is 1.89 bits per heavy atom. The average Bonchev–Trinajstić information content (AvgIpc) is 3.62. The van der Waals surface area contributed by atoms with Gasteiger partial charge >= 0.3 is 6.09 Å². The standard InChI is InChI=1S/C27H37N5O5S/c1-26(2)16-19(9-13-32(26)38(4,34)35)24-29-22-21-20(6-5-12-28-21)37-27(23(22)30(24)3)10-14-31(15-11-27)25(33)36-17-18-7-8-18/h5-6,12,18-19H,7-11,13-17H2,1-4H3. The van der Waals surface area contributed by atoms with Crippen LogP contribution in [0.2, 0.25) is 0 Å². The number of sulfonamides is 1. The summed E-state index contributed by atoms with van der Waals surface area (Å²) >= 11 is 0. The van der Waals surface area contributed by atoms with E-state index in [4.69, 9.17) is 14.5 Å². The first-order valence-corrected chi connectivity index (χ1v) is 15.4. The quantitative estimate of drug-likeness (QED) is 0.580. The second kappa shape index (κ2) is 8.94. The van der Waals surface area contributed by atoms with Crippen LogP contribution in [0, 0.1) is 5.92 Å². The van der Waals surface area contributed by atoms with Crippen molar-refractivity contribution in [2.24, 2.45) is 13.0 Å². The summed E-state index contributed by atoms with van der Waals surface area (Å²) in [5.41, 5.74) is 1.42. The van der Waals surface area contributed by atoms with Gasteiger partial charge in [0.15, 0.2) is 5.60 Å². The van der Waals surface area contributed by atoms with E-state index < -0.39 is 21.2 Å². The molecule has 1 unspecified atom stereocenters. The van der Waals surface area contributed by atoms with Crippen LogP contribution in [-0.4, -0.2) is 76.3 Å². The number of amides is 1. The molecule has 38 heavy (non-hydrogen) atoms. The number of nitrogens with zero attached hydrogens (tertiary/aromatic N) is 5. The normalized spacial score (nSPS) is 24.4. The molecule has 2 aromatic heterocycles. The molecule has 1 atom stereocenters. The number of aromatic nitrogens is 3. The van der Waals surface area contributed by atoms with Crippen molar-refractivity contribution >= 4 is 16.1 Å². The zero-order valence-corrected chi connectivity index (χ0v) is 23.5. The van der Waals surface area contributed by atoms with Gasteiger partial charge in [-0.05, 0) is 57.6 Å². The molecule has 3 fully saturated rings. The van der Waals surface area contributed by atoms with Gasteiger partial charge in [0.1, 0.15) is 23.0 Å². The fourth-order valence-corrected chi connectivity index (χ4v) is 8.06. The molecule has 6 rings (SSSR count). The minimum Gasteiger partial charge on any atom is -0.478 e. The largest absolute Gasteiger partial charge is 0.478 e. The predicted molar refractivity (Wildman–Crippen MR) is 141 cm³/mol. The van der Waals surface area contributed by atoms with Gasteiger partial charge in [0.25, 0.3) is 0 Å². The third-order valence-electron chi connectivity index (χ3n) is 8.70. The first-order valence-electron chi connectivity index (χ1n) is 13.6. The monoisotopic (exact) mass is 543 g/mol. The summed E-state index contributed by atoms with van der Waals surface area (Å²) in [6.07, 6.45) is 7.72. The summed E-state index contributed by atoms with van der Waals surface area (Å²) in [4.78, 5) is 24.3. The van der Waals surface area contributed by atoms with Gasteiger partial charge in [0, 0.05) is 57.2 Å². The second-order valence-corrected chi connectivity index (χ2v) is 13.9. The molecule has 0 aromatic carbocycles. The maximum absolute atomic E-state index is 12.7. The number of pyridine rings is 1. The number of ether oxygens (including phenoxy) is 2. The molecule has 2 aromatic rings. The van der Waals surface area contributed by atoms with Crippen molar-refractivity contribution in [2.75, 3.05) is 32.5 Å². The summed E-state index contributed by atoms with van der Waals surface area (Å²) in [5, 5.41) is 0. The number of rotatable bonds is 4. The van der Waals surface area contributed by atoms with Crippen LogP contribution in [0.3, 0.4) is 0 Å². The molecule has 1 amide bonds. The lowest BCUT2D eigenvalue weighted by Crippen LogP contribution is -2.52. The van der Waals surface area contributed by atoms with Gasteiger partial charge in [0.2, 0.25) is 10.0 Å². The molecule has 4 aliphatic rings. The SMILES string of the molecule is Cn1c(C2CCN(S(C)(=O)=O)C(C)(C)C2)nc2c1C1(CCN(C(=O)OCC3CC3)CC1)Oc1cccnc1-2. The zero-order chi connectivity index (χ0) is 26.9. The van der Waals surface area contributed by atoms with Gasteiger partial charge in [-0.3, -0.25) is 4.98 Å². The van der Waals surface area contributed by atoms with Crippen LogP contribution in [0.15, 0.2) is 18.3 Å². The number of hydrogen-bond donors (Lipinski definition) is 0. The number of carbonyl (C=O) groups excluding carboxylic acids is 1. The number of piperidine rings is 2. The van der Waals surface area contributed by atoms with E-state index in [0.717, 1.165) is 35.7 Å². The van der Waals surface area contributed by atoms with Crippen molar-refractivity contribution in [2.45, 2.75) is 69.4 Å². The lowest BCUT2D eigenvalue weighted by molar-refractivity contribution is -0.0115. The maximum Gasteiger partial charge on any atom is 0.409 e. The summed E-state index contributed by atoms with van der Waals surface area (Å²) in [7, 11) is -1.26. The van der Waals surface area contributed by atoms with Gasteiger partial charge in [-0.1, -0.05) is 0 Å². The van der Waals surface area contributed by atoms with Gasteiger partial charge in [-0.2, -0.15) is 4.31 Å². The molecule has 0 radical (unpaired) electrons. The Morgan fingerprint density at radius 1 is 1.16 bits per heavy atom.